The molecule has 1 heterocycles. The van der Waals surface area contributed by atoms with Crippen LogP contribution in [0.5, 0.6) is 0 Å². The Kier molecular flexibility index (Phi) is 8.02. The van der Waals surface area contributed by atoms with Gasteiger partial charge in [0.2, 0.25) is 0 Å². The highest BCUT2D eigenvalue weighted by Crippen LogP contribution is 2.33. The number of benzene rings is 1. The summed E-state index contributed by atoms with van der Waals surface area (Å²) in [7, 11) is 3.96. The van der Waals surface area contributed by atoms with Gasteiger partial charge in [0.15, 0.2) is 0 Å². The number of hydrogen-bond donors (Lipinski definition) is 2. The first-order chi connectivity index (χ1) is 12.3. The van der Waals surface area contributed by atoms with Crippen LogP contribution in [0.15, 0.2) is 12.1 Å². The van der Waals surface area contributed by atoms with Crippen molar-refractivity contribution in [3.63, 3.8) is 0 Å². The molecule has 2 rings (SSSR count). The van der Waals surface area contributed by atoms with Gasteiger partial charge in [-0.3, -0.25) is 0 Å². The van der Waals surface area contributed by atoms with E-state index in [1.165, 1.54) is 0 Å². The maximum Gasteiger partial charge on any atom is 0.317 e. The van der Waals surface area contributed by atoms with Crippen molar-refractivity contribution in [2.75, 3.05) is 33.8 Å². The zero-order valence-corrected chi connectivity index (χ0v) is 17.3. The lowest BCUT2D eigenvalue weighted by Gasteiger charge is -2.35. The van der Waals surface area contributed by atoms with Gasteiger partial charge in [-0.25, -0.2) is 4.79 Å². The molecule has 146 valence electrons. The molecule has 26 heavy (non-hydrogen) atoms. The van der Waals surface area contributed by atoms with Crippen molar-refractivity contribution in [3.8, 4) is 0 Å². The molecule has 0 aromatic heterocycles. The van der Waals surface area contributed by atoms with E-state index >= 15 is 0 Å². The fraction of sp³-hybridized carbons (Fsp3) is 0.632. The van der Waals surface area contributed by atoms with E-state index < -0.39 is 0 Å². The van der Waals surface area contributed by atoms with Gasteiger partial charge in [-0.15, -0.1) is 0 Å². The molecule has 1 unspecified atom stereocenters. The minimum Gasteiger partial charge on any atom is -0.396 e. The Bertz CT molecular complexity index is 619. The Morgan fingerprint density at radius 1 is 1.35 bits per heavy atom. The molecule has 0 bridgehead atoms. The van der Waals surface area contributed by atoms with Crippen LogP contribution in [0.4, 0.5) is 4.79 Å². The summed E-state index contributed by atoms with van der Waals surface area (Å²) in [5.41, 5.74) is 1.71. The Morgan fingerprint density at radius 3 is 2.62 bits per heavy atom. The predicted molar refractivity (Wildman–Crippen MR) is 107 cm³/mol. The molecule has 1 atom stereocenters. The summed E-state index contributed by atoms with van der Waals surface area (Å²) < 4.78 is 0. The minimum atomic E-state index is -0.242. The molecule has 1 aliphatic rings. The van der Waals surface area contributed by atoms with Crippen molar-refractivity contribution in [1.29, 1.82) is 0 Å². The van der Waals surface area contributed by atoms with E-state index in [4.69, 9.17) is 28.3 Å². The monoisotopic (exact) mass is 401 g/mol. The Morgan fingerprint density at radius 2 is 2.00 bits per heavy atom. The number of nitrogens with zero attached hydrogens (tertiary/aromatic N) is 2. The second-order valence-electron chi connectivity index (χ2n) is 7.09. The minimum absolute atomic E-state index is 0.0939. The molecule has 5 nitrogen and oxygen atoms in total. The normalized spacial score (nSPS) is 17.2. The van der Waals surface area contributed by atoms with E-state index in [1.807, 2.05) is 26.1 Å². The van der Waals surface area contributed by atoms with E-state index in [9.17, 15) is 4.79 Å². The molecule has 1 aliphatic heterocycles. The molecule has 2 N–H and O–H groups in total. The summed E-state index contributed by atoms with van der Waals surface area (Å²) in [6.07, 6.45) is 3.29. The summed E-state index contributed by atoms with van der Waals surface area (Å²) in [6, 6.07) is 3.75. The number of rotatable bonds is 6. The summed E-state index contributed by atoms with van der Waals surface area (Å²) in [4.78, 5) is 16.7. The second kappa shape index (κ2) is 9.79. The van der Waals surface area contributed by atoms with E-state index in [2.05, 4.69) is 17.3 Å². The number of halogens is 2. The molecule has 0 saturated carbocycles. The molecule has 1 aromatic carbocycles. The van der Waals surface area contributed by atoms with Gasteiger partial charge in [-0.2, -0.15) is 0 Å². The molecule has 1 aromatic rings. The molecule has 0 radical (unpaired) electrons. The molecular formula is C19H29Cl2N3O2. The predicted octanol–water partition coefficient (Wildman–Crippen LogP) is 3.71. The first-order valence-electron chi connectivity index (χ1n) is 9.14. The number of aliphatic hydroxyl groups is 1. The zero-order valence-electron chi connectivity index (χ0n) is 15.8. The van der Waals surface area contributed by atoms with Crippen LogP contribution in [-0.4, -0.2) is 60.8 Å². The summed E-state index contributed by atoms with van der Waals surface area (Å²) >= 11 is 12.8. The van der Waals surface area contributed by atoms with Crippen LogP contribution in [0.3, 0.4) is 0 Å². The number of piperidine rings is 1. The van der Waals surface area contributed by atoms with Gasteiger partial charge in [0.1, 0.15) is 0 Å². The average Bonchev–Trinajstić information content (AvgIpc) is 2.62. The number of nitrogens with one attached hydrogen (secondary N) is 1. The number of aryl methyl sites for hydroxylation is 1. The van der Waals surface area contributed by atoms with Gasteiger partial charge in [-0.1, -0.05) is 35.3 Å². The third-order valence-corrected chi connectivity index (χ3v) is 6.09. The fourth-order valence-electron chi connectivity index (χ4n) is 3.31. The molecule has 7 heteroatoms. The standard InChI is InChI=1S/C19H29Cl2N3O2/c1-13(16-7-6-14(5-4-12-25)17(20)18(16)21)22-19(26)24(3)15-8-10-23(2)11-9-15/h6-7,13,15,25H,4-5,8-12H2,1-3H3,(H,22,26). The number of carbonyl (C=O) groups is 1. The van der Waals surface area contributed by atoms with Gasteiger partial charge >= 0.3 is 6.03 Å². The van der Waals surface area contributed by atoms with E-state index in [0.717, 1.165) is 37.1 Å². The fourth-order valence-corrected chi connectivity index (χ4v) is 3.93. The van der Waals surface area contributed by atoms with E-state index in [-0.39, 0.29) is 24.7 Å². The maximum atomic E-state index is 12.6. The number of carbonyl (C=O) groups excluding carboxylic acids is 1. The number of urea groups is 1. The van der Waals surface area contributed by atoms with Gasteiger partial charge in [0.25, 0.3) is 0 Å². The van der Waals surface area contributed by atoms with Crippen LogP contribution in [-0.2, 0) is 6.42 Å². The molecule has 1 fully saturated rings. The lowest BCUT2D eigenvalue weighted by atomic mass is 10.0. The van der Waals surface area contributed by atoms with Crippen molar-refractivity contribution in [2.24, 2.45) is 0 Å². The lowest BCUT2D eigenvalue weighted by Crippen LogP contribution is -2.48. The van der Waals surface area contributed by atoms with Crippen molar-refractivity contribution in [2.45, 2.75) is 44.7 Å². The van der Waals surface area contributed by atoms with Crippen LogP contribution in [0.25, 0.3) is 0 Å². The first kappa shape index (κ1) is 21.3. The molecule has 1 saturated heterocycles. The SMILES string of the molecule is CC(NC(=O)N(C)C1CCN(C)CC1)c1ccc(CCCO)c(Cl)c1Cl. The van der Waals surface area contributed by atoms with Gasteiger partial charge < -0.3 is 20.2 Å². The first-order valence-corrected chi connectivity index (χ1v) is 9.90. The van der Waals surface area contributed by atoms with Crippen molar-refractivity contribution in [1.82, 2.24) is 15.1 Å². The number of likely N-dealkylation sites (tertiary alicyclic amines) is 1. The van der Waals surface area contributed by atoms with Crippen LogP contribution in [0.2, 0.25) is 10.0 Å². The van der Waals surface area contributed by atoms with Gasteiger partial charge in [-0.05, 0) is 63.9 Å². The van der Waals surface area contributed by atoms with Crippen molar-refractivity contribution < 1.29 is 9.90 Å². The quantitative estimate of drug-likeness (QED) is 0.763. The van der Waals surface area contributed by atoms with Gasteiger partial charge in [0, 0.05) is 19.7 Å². The summed E-state index contributed by atoms with van der Waals surface area (Å²) in [5.74, 6) is 0. The second-order valence-corrected chi connectivity index (χ2v) is 7.84. The largest absolute Gasteiger partial charge is 0.396 e. The number of amides is 2. The topological polar surface area (TPSA) is 55.8 Å². The Hall–Kier alpha value is -1.01. The lowest BCUT2D eigenvalue weighted by molar-refractivity contribution is 0.146. The third kappa shape index (κ3) is 5.26. The van der Waals surface area contributed by atoms with Gasteiger partial charge in [0.05, 0.1) is 16.1 Å². The molecule has 2 amide bonds. The smallest absolute Gasteiger partial charge is 0.317 e. The highest BCUT2D eigenvalue weighted by molar-refractivity contribution is 6.43. The summed E-state index contributed by atoms with van der Waals surface area (Å²) in [5, 5.41) is 13.0. The highest BCUT2D eigenvalue weighted by atomic mass is 35.5. The maximum absolute atomic E-state index is 12.6. The third-order valence-electron chi connectivity index (χ3n) is 5.16. The van der Waals surface area contributed by atoms with E-state index in [0.29, 0.717) is 22.9 Å². The molecule has 0 spiro atoms. The Balaban J connectivity index is 2.01. The number of aliphatic hydroxyl groups excluding tert-OH is 1. The van der Waals surface area contributed by atoms with Crippen LogP contribution in [0, 0.1) is 0 Å². The highest BCUT2D eigenvalue weighted by Gasteiger charge is 2.25. The van der Waals surface area contributed by atoms with Crippen LogP contribution >= 0.6 is 23.2 Å². The Labute approximate surface area is 166 Å². The average molecular weight is 402 g/mol. The van der Waals surface area contributed by atoms with Crippen molar-refractivity contribution in [3.05, 3.63) is 33.3 Å². The number of hydrogen-bond acceptors (Lipinski definition) is 3. The zero-order chi connectivity index (χ0) is 19.3. The summed E-state index contributed by atoms with van der Waals surface area (Å²) in [6.45, 7) is 4.04. The van der Waals surface area contributed by atoms with Crippen LogP contribution < -0.4 is 5.32 Å². The molecular weight excluding hydrogens is 373 g/mol. The van der Waals surface area contributed by atoms with Crippen molar-refractivity contribution >= 4 is 29.2 Å². The molecule has 0 aliphatic carbocycles. The van der Waals surface area contributed by atoms with Crippen LogP contribution in [0.1, 0.15) is 43.4 Å². The van der Waals surface area contributed by atoms with E-state index in [1.54, 1.807) is 4.90 Å².